The molecular weight excluding hydrogens is 182 g/mol. The zero-order valence-electron chi connectivity index (χ0n) is 8.03. The maximum Gasteiger partial charge on any atom is 0.179 e. The van der Waals surface area contributed by atoms with Gasteiger partial charge in [0.15, 0.2) is 17.1 Å². The third-order valence-electron chi connectivity index (χ3n) is 2.11. The fourth-order valence-corrected chi connectivity index (χ4v) is 1.49. The minimum Gasteiger partial charge on any atom is -0.494 e. The predicted octanol–water partition coefficient (Wildman–Crippen LogP) is 2.03. The molecule has 74 valence electrons. The predicted molar refractivity (Wildman–Crippen MR) is 53.7 cm³/mol. The number of benzene rings is 1. The van der Waals surface area contributed by atoms with Crippen molar-refractivity contribution in [3.63, 3.8) is 0 Å². The highest BCUT2D eigenvalue weighted by Gasteiger charge is 2.13. The normalized spacial score (nSPS) is 10.4. The molecule has 0 aliphatic carbocycles. The van der Waals surface area contributed by atoms with Crippen molar-refractivity contribution in [3.8, 4) is 11.5 Å². The molecule has 0 radical (unpaired) electrons. The average molecular weight is 193 g/mol. The molecule has 0 amide bonds. The smallest absolute Gasteiger partial charge is 0.179 e. The van der Waals surface area contributed by atoms with Gasteiger partial charge in [0, 0.05) is 6.07 Å². The first-order chi connectivity index (χ1) is 6.77. The summed E-state index contributed by atoms with van der Waals surface area (Å²) in [6, 6.07) is 3.48. The van der Waals surface area contributed by atoms with Gasteiger partial charge in [0.05, 0.1) is 31.6 Å². The second kappa shape index (κ2) is 3.14. The van der Waals surface area contributed by atoms with Gasteiger partial charge in [0.2, 0.25) is 0 Å². The standard InChI is InChI=1S/C10H11NO3/c1-12-8-5-7(11)9(13-2)6-3-4-14-10(6)8/h3-5H,11H2,1-2H3. The van der Waals surface area contributed by atoms with Crippen LogP contribution in [0.4, 0.5) is 5.69 Å². The van der Waals surface area contributed by atoms with Gasteiger partial charge in [-0.2, -0.15) is 0 Å². The number of nitrogen functional groups attached to an aromatic ring is 1. The number of ether oxygens (including phenoxy) is 2. The monoisotopic (exact) mass is 193 g/mol. The fourth-order valence-electron chi connectivity index (χ4n) is 1.49. The van der Waals surface area contributed by atoms with E-state index in [4.69, 9.17) is 19.6 Å². The number of nitrogens with two attached hydrogens (primary N) is 1. The second-order valence-corrected chi connectivity index (χ2v) is 2.86. The van der Waals surface area contributed by atoms with Crippen LogP contribution in [0, 0.1) is 0 Å². The molecule has 2 N–H and O–H groups in total. The number of hydrogen-bond acceptors (Lipinski definition) is 4. The Morgan fingerprint density at radius 2 is 2.07 bits per heavy atom. The number of rotatable bonds is 2. The molecule has 14 heavy (non-hydrogen) atoms. The summed E-state index contributed by atoms with van der Waals surface area (Å²) >= 11 is 0. The van der Waals surface area contributed by atoms with Crippen LogP contribution in [0.25, 0.3) is 11.0 Å². The van der Waals surface area contributed by atoms with Crippen LogP contribution in [-0.4, -0.2) is 14.2 Å². The summed E-state index contributed by atoms with van der Waals surface area (Å²) in [6.07, 6.45) is 1.58. The first-order valence-corrected chi connectivity index (χ1v) is 4.15. The third-order valence-corrected chi connectivity index (χ3v) is 2.11. The van der Waals surface area contributed by atoms with E-state index in [-0.39, 0.29) is 0 Å². The molecule has 0 bridgehead atoms. The SMILES string of the molecule is COc1c(N)cc(OC)c2occc12. The van der Waals surface area contributed by atoms with Gasteiger partial charge in [-0.3, -0.25) is 0 Å². The third kappa shape index (κ3) is 1.08. The number of anilines is 1. The minimum atomic E-state index is 0.540. The van der Waals surface area contributed by atoms with E-state index in [2.05, 4.69) is 0 Å². The molecule has 0 fully saturated rings. The Hall–Kier alpha value is -1.84. The summed E-state index contributed by atoms with van der Waals surface area (Å²) in [4.78, 5) is 0. The minimum absolute atomic E-state index is 0.540. The van der Waals surface area contributed by atoms with Crippen molar-refractivity contribution in [2.45, 2.75) is 0 Å². The first-order valence-electron chi connectivity index (χ1n) is 4.15. The van der Waals surface area contributed by atoms with Gasteiger partial charge in [-0.15, -0.1) is 0 Å². The number of furan rings is 1. The molecule has 4 heteroatoms. The summed E-state index contributed by atoms with van der Waals surface area (Å²) in [6.45, 7) is 0. The Balaban J connectivity index is 2.81. The Morgan fingerprint density at radius 1 is 1.29 bits per heavy atom. The van der Waals surface area contributed by atoms with E-state index in [0.29, 0.717) is 22.8 Å². The summed E-state index contributed by atoms with van der Waals surface area (Å²) < 4.78 is 15.6. The first kappa shape index (κ1) is 8.74. The van der Waals surface area contributed by atoms with E-state index < -0.39 is 0 Å². The Bertz CT molecular complexity index is 462. The van der Waals surface area contributed by atoms with E-state index in [9.17, 15) is 0 Å². The molecule has 0 saturated heterocycles. The summed E-state index contributed by atoms with van der Waals surface area (Å²) in [5, 5.41) is 0.823. The molecule has 2 aromatic rings. The van der Waals surface area contributed by atoms with Gasteiger partial charge >= 0.3 is 0 Å². The van der Waals surface area contributed by atoms with Crippen molar-refractivity contribution in [3.05, 3.63) is 18.4 Å². The zero-order chi connectivity index (χ0) is 10.1. The summed E-state index contributed by atoms with van der Waals surface area (Å²) in [5.41, 5.74) is 6.98. The van der Waals surface area contributed by atoms with E-state index in [1.165, 1.54) is 0 Å². The highest BCUT2D eigenvalue weighted by molar-refractivity contribution is 5.94. The van der Waals surface area contributed by atoms with Gasteiger partial charge in [-0.25, -0.2) is 0 Å². The lowest BCUT2D eigenvalue weighted by atomic mass is 10.2. The van der Waals surface area contributed by atoms with Crippen LogP contribution in [0.3, 0.4) is 0 Å². The van der Waals surface area contributed by atoms with Crippen LogP contribution in [-0.2, 0) is 0 Å². The fraction of sp³-hybridized carbons (Fsp3) is 0.200. The molecule has 1 aromatic carbocycles. The lowest BCUT2D eigenvalue weighted by Crippen LogP contribution is -1.94. The molecule has 1 heterocycles. The number of fused-ring (bicyclic) bond motifs is 1. The highest BCUT2D eigenvalue weighted by Crippen LogP contribution is 2.38. The average Bonchev–Trinajstić information content (AvgIpc) is 2.65. The van der Waals surface area contributed by atoms with Gasteiger partial charge in [-0.05, 0) is 6.07 Å². The molecule has 0 unspecified atom stereocenters. The van der Waals surface area contributed by atoms with Crippen molar-refractivity contribution in [2.24, 2.45) is 0 Å². The summed E-state index contributed by atoms with van der Waals surface area (Å²) in [5.74, 6) is 1.23. The van der Waals surface area contributed by atoms with Crippen LogP contribution in [0.1, 0.15) is 0 Å². The van der Waals surface area contributed by atoms with Crippen molar-refractivity contribution >= 4 is 16.7 Å². The lowest BCUT2D eigenvalue weighted by molar-refractivity contribution is 0.405. The molecule has 0 aliphatic rings. The van der Waals surface area contributed by atoms with Crippen LogP contribution in [0.2, 0.25) is 0 Å². The van der Waals surface area contributed by atoms with E-state index >= 15 is 0 Å². The Morgan fingerprint density at radius 3 is 2.71 bits per heavy atom. The quantitative estimate of drug-likeness (QED) is 0.741. The Kier molecular flexibility index (Phi) is 1.96. The number of hydrogen-bond donors (Lipinski definition) is 1. The number of methoxy groups -OCH3 is 2. The van der Waals surface area contributed by atoms with Gasteiger partial charge in [-0.1, -0.05) is 0 Å². The molecule has 1 aromatic heterocycles. The van der Waals surface area contributed by atoms with Crippen molar-refractivity contribution in [1.29, 1.82) is 0 Å². The topological polar surface area (TPSA) is 57.6 Å². The van der Waals surface area contributed by atoms with Gasteiger partial charge < -0.3 is 19.6 Å². The highest BCUT2D eigenvalue weighted by atomic mass is 16.5. The van der Waals surface area contributed by atoms with Crippen molar-refractivity contribution in [2.75, 3.05) is 20.0 Å². The van der Waals surface area contributed by atoms with E-state index in [1.807, 2.05) is 0 Å². The lowest BCUT2D eigenvalue weighted by Gasteiger charge is -2.08. The summed E-state index contributed by atoms with van der Waals surface area (Å²) in [7, 11) is 3.15. The Labute approximate surface area is 81.2 Å². The second-order valence-electron chi connectivity index (χ2n) is 2.86. The van der Waals surface area contributed by atoms with Crippen LogP contribution < -0.4 is 15.2 Å². The molecule has 4 nitrogen and oxygen atoms in total. The maximum atomic E-state index is 5.79. The van der Waals surface area contributed by atoms with E-state index in [1.54, 1.807) is 32.6 Å². The van der Waals surface area contributed by atoms with Crippen LogP contribution >= 0.6 is 0 Å². The molecule has 0 aliphatic heterocycles. The van der Waals surface area contributed by atoms with E-state index in [0.717, 1.165) is 5.39 Å². The molecule has 0 atom stereocenters. The molecule has 0 spiro atoms. The molecule has 2 rings (SSSR count). The van der Waals surface area contributed by atoms with Crippen molar-refractivity contribution < 1.29 is 13.9 Å². The van der Waals surface area contributed by atoms with Gasteiger partial charge in [0.25, 0.3) is 0 Å². The largest absolute Gasteiger partial charge is 0.494 e. The van der Waals surface area contributed by atoms with Gasteiger partial charge in [0.1, 0.15) is 0 Å². The van der Waals surface area contributed by atoms with Crippen LogP contribution in [0.15, 0.2) is 22.8 Å². The zero-order valence-corrected chi connectivity index (χ0v) is 8.03. The molecular formula is C10H11NO3. The molecule has 0 saturated carbocycles. The maximum absolute atomic E-state index is 5.79. The van der Waals surface area contributed by atoms with Crippen molar-refractivity contribution in [1.82, 2.24) is 0 Å². The van der Waals surface area contributed by atoms with Crippen LogP contribution in [0.5, 0.6) is 11.5 Å².